The minimum Gasteiger partial charge on any atom is -0.397 e. The number of hydrogen-bond acceptors (Lipinski definition) is 5. The van der Waals surface area contributed by atoms with Crippen molar-refractivity contribution >= 4 is 28.8 Å². The maximum atomic E-state index is 12.3. The third-order valence-corrected chi connectivity index (χ3v) is 4.41. The summed E-state index contributed by atoms with van der Waals surface area (Å²) in [5.41, 5.74) is 6.33. The Kier molecular flexibility index (Phi) is 5.58. The summed E-state index contributed by atoms with van der Waals surface area (Å²) in [4.78, 5) is 28.5. The minimum atomic E-state index is -0.00224. The van der Waals surface area contributed by atoms with E-state index in [-0.39, 0.29) is 11.8 Å². The van der Waals surface area contributed by atoms with E-state index in [4.69, 9.17) is 5.73 Å². The predicted molar refractivity (Wildman–Crippen MR) is 84.4 cm³/mol. The molecule has 0 bridgehead atoms. The number of anilines is 1. The average Bonchev–Trinajstić information content (AvgIpc) is 2.91. The molecule has 2 amide bonds. The van der Waals surface area contributed by atoms with Gasteiger partial charge in [0.25, 0.3) is 5.91 Å². The van der Waals surface area contributed by atoms with Crippen molar-refractivity contribution in [2.75, 3.05) is 45.0 Å². The van der Waals surface area contributed by atoms with E-state index in [1.165, 1.54) is 11.3 Å². The highest BCUT2D eigenvalue weighted by molar-refractivity contribution is 7.12. The Morgan fingerprint density at radius 1 is 1.33 bits per heavy atom. The molecular weight excluding hydrogens is 288 g/mol. The quantitative estimate of drug-likeness (QED) is 0.835. The number of nitrogens with zero attached hydrogens (tertiary/aromatic N) is 2. The van der Waals surface area contributed by atoms with Crippen molar-refractivity contribution in [1.29, 1.82) is 0 Å². The number of carbonyl (C=O) groups is 2. The summed E-state index contributed by atoms with van der Waals surface area (Å²) in [5, 5.41) is 4.70. The SMILES string of the molecule is CCCNC(=O)CN1CCN(C(=O)c2sccc2N)CC1. The molecular formula is C14H22N4O2S. The number of nitrogen functional groups attached to an aromatic ring is 1. The van der Waals surface area contributed by atoms with E-state index in [0.717, 1.165) is 26.1 Å². The van der Waals surface area contributed by atoms with Crippen LogP contribution in [0.2, 0.25) is 0 Å². The number of rotatable bonds is 5. The molecule has 1 aliphatic rings. The van der Waals surface area contributed by atoms with Gasteiger partial charge >= 0.3 is 0 Å². The van der Waals surface area contributed by atoms with Crippen LogP contribution < -0.4 is 11.1 Å². The molecule has 1 aromatic rings. The van der Waals surface area contributed by atoms with Crippen LogP contribution in [0.1, 0.15) is 23.0 Å². The lowest BCUT2D eigenvalue weighted by Crippen LogP contribution is -2.51. The topological polar surface area (TPSA) is 78.7 Å². The van der Waals surface area contributed by atoms with Crippen molar-refractivity contribution in [2.24, 2.45) is 0 Å². The smallest absolute Gasteiger partial charge is 0.266 e. The number of nitrogens with one attached hydrogen (secondary N) is 1. The van der Waals surface area contributed by atoms with Crippen LogP contribution in [0.4, 0.5) is 5.69 Å². The fraction of sp³-hybridized carbons (Fsp3) is 0.571. The zero-order chi connectivity index (χ0) is 15.2. The van der Waals surface area contributed by atoms with E-state index in [0.29, 0.717) is 30.2 Å². The monoisotopic (exact) mass is 310 g/mol. The summed E-state index contributed by atoms with van der Waals surface area (Å²) in [6.07, 6.45) is 0.941. The third kappa shape index (κ3) is 4.18. The van der Waals surface area contributed by atoms with Crippen molar-refractivity contribution in [3.63, 3.8) is 0 Å². The van der Waals surface area contributed by atoms with Crippen molar-refractivity contribution in [3.05, 3.63) is 16.3 Å². The molecule has 1 saturated heterocycles. The number of piperazine rings is 1. The van der Waals surface area contributed by atoms with Crippen LogP contribution in [-0.2, 0) is 4.79 Å². The summed E-state index contributed by atoms with van der Waals surface area (Å²) in [6, 6.07) is 1.76. The molecule has 21 heavy (non-hydrogen) atoms. The van der Waals surface area contributed by atoms with Crippen LogP contribution in [0.25, 0.3) is 0 Å². The van der Waals surface area contributed by atoms with Crippen molar-refractivity contribution in [2.45, 2.75) is 13.3 Å². The Hall–Kier alpha value is -1.60. The molecule has 6 nitrogen and oxygen atoms in total. The average molecular weight is 310 g/mol. The molecule has 1 fully saturated rings. The van der Waals surface area contributed by atoms with Gasteiger partial charge in [-0.1, -0.05) is 6.92 Å². The second-order valence-electron chi connectivity index (χ2n) is 5.12. The second kappa shape index (κ2) is 7.42. The van der Waals surface area contributed by atoms with E-state index in [1.807, 2.05) is 17.2 Å². The molecule has 2 heterocycles. The Bertz CT molecular complexity index is 495. The second-order valence-corrected chi connectivity index (χ2v) is 6.04. The van der Waals surface area contributed by atoms with Gasteiger partial charge in [-0.2, -0.15) is 0 Å². The Morgan fingerprint density at radius 2 is 2.05 bits per heavy atom. The van der Waals surface area contributed by atoms with E-state index in [1.54, 1.807) is 6.07 Å². The van der Waals surface area contributed by atoms with Gasteiger partial charge in [-0.15, -0.1) is 11.3 Å². The molecule has 116 valence electrons. The van der Waals surface area contributed by atoms with Crippen molar-refractivity contribution < 1.29 is 9.59 Å². The molecule has 7 heteroatoms. The van der Waals surface area contributed by atoms with Gasteiger partial charge in [0.2, 0.25) is 5.91 Å². The number of carbonyl (C=O) groups excluding carboxylic acids is 2. The van der Waals surface area contributed by atoms with E-state index in [2.05, 4.69) is 10.2 Å². The lowest BCUT2D eigenvalue weighted by Gasteiger charge is -2.34. The molecule has 0 unspecified atom stereocenters. The van der Waals surface area contributed by atoms with Crippen LogP contribution in [0, 0.1) is 0 Å². The molecule has 1 aromatic heterocycles. The number of thiophene rings is 1. The zero-order valence-corrected chi connectivity index (χ0v) is 13.1. The van der Waals surface area contributed by atoms with Crippen molar-refractivity contribution in [3.8, 4) is 0 Å². The van der Waals surface area contributed by atoms with Crippen LogP contribution in [0.5, 0.6) is 0 Å². The maximum Gasteiger partial charge on any atom is 0.266 e. The van der Waals surface area contributed by atoms with E-state index < -0.39 is 0 Å². The predicted octanol–water partition coefficient (Wildman–Crippen LogP) is 0.614. The Morgan fingerprint density at radius 3 is 2.62 bits per heavy atom. The van der Waals surface area contributed by atoms with Gasteiger partial charge in [-0.05, 0) is 17.9 Å². The molecule has 0 atom stereocenters. The molecule has 0 spiro atoms. The van der Waals surface area contributed by atoms with Crippen LogP contribution in [0.15, 0.2) is 11.4 Å². The van der Waals surface area contributed by atoms with Gasteiger partial charge < -0.3 is 16.0 Å². The summed E-state index contributed by atoms with van der Waals surface area (Å²) < 4.78 is 0. The Labute approximate surface area is 128 Å². The first-order chi connectivity index (χ1) is 10.1. The van der Waals surface area contributed by atoms with Gasteiger partial charge in [0.05, 0.1) is 12.2 Å². The zero-order valence-electron chi connectivity index (χ0n) is 12.3. The van der Waals surface area contributed by atoms with Gasteiger partial charge in [0.15, 0.2) is 0 Å². The molecule has 1 aliphatic heterocycles. The summed E-state index contributed by atoms with van der Waals surface area (Å²) in [7, 11) is 0. The largest absolute Gasteiger partial charge is 0.397 e. The Balaban J connectivity index is 1.79. The lowest BCUT2D eigenvalue weighted by atomic mass is 10.2. The normalized spacial score (nSPS) is 16.0. The van der Waals surface area contributed by atoms with E-state index in [9.17, 15) is 9.59 Å². The first-order valence-electron chi connectivity index (χ1n) is 7.23. The van der Waals surface area contributed by atoms with Gasteiger partial charge in [0.1, 0.15) is 4.88 Å². The number of hydrogen-bond donors (Lipinski definition) is 2. The van der Waals surface area contributed by atoms with Gasteiger partial charge in [-0.3, -0.25) is 14.5 Å². The highest BCUT2D eigenvalue weighted by Gasteiger charge is 2.24. The molecule has 0 aliphatic carbocycles. The fourth-order valence-corrected chi connectivity index (χ4v) is 3.05. The highest BCUT2D eigenvalue weighted by Crippen LogP contribution is 2.21. The van der Waals surface area contributed by atoms with Gasteiger partial charge in [0, 0.05) is 32.7 Å². The standard InChI is InChI=1S/C14H22N4O2S/c1-2-4-16-12(19)10-17-5-7-18(8-6-17)14(20)13-11(15)3-9-21-13/h3,9H,2,4-8,10,15H2,1H3,(H,16,19). The van der Waals surface area contributed by atoms with E-state index >= 15 is 0 Å². The molecule has 0 aromatic carbocycles. The van der Waals surface area contributed by atoms with Crippen LogP contribution in [0.3, 0.4) is 0 Å². The minimum absolute atomic E-state index is 0.00224. The third-order valence-electron chi connectivity index (χ3n) is 3.49. The molecule has 0 radical (unpaired) electrons. The molecule has 2 rings (SSSR count). The van der Waals surface area contributed by atoms with Crippen LogP contribution in [-0.4, -0.2) is 60.9 Å². The molecule has 0 saturated carbocycles. The van der Waals surface area contributed by atoms with Crippen molar-refractivity contribution in [1.82, 2.24) is 15.1 Å². The number of nitrogens with two attached hydrogens (primary N) is 1. The lowest BCUT2D eigenvalue weighted by molar-refractivity contribution is -0.122. The van der Waals surface area contributed by atoms with Crippen LogP contribution >= 0.6 is 11.3 Å². The first kappa shape index (κ1) is 15.8. The van der Waals surface area contributed by atoms with Gasteiger partial charge in [-0.25, -0.2) is 0 Å². The summed E-state index contributed by atoms with van der Waals surface area (Å²) in [6.45, 7) is 5.86. The fourth-order valence-electron chi connectivity index (χ4n) is 2.27. The highest BCUT2D eigenvalue weighted by atomic mass is 32.1. The maximum absolute atomic E-state index is 12.3. The molecule has 3 N–H and O–H groups in total. The summed E-state index contributed by atoms with van der Waals surface area (Å²) >= 11 is 1.38. The number of amides is 2. The summed E-state index contributed by atoms with van der Waals surface area (Å²) in [5.74, 6) is 0.0525. The first-order valence-corrected chi connectivity index (χ1v) is 8.11.